The number of morpholine rings is 1. The largest absolute Gasteiger partial charge is 0.393 e. The molecule has 0 radical (unpaired) electrons. The highest BCUT2D eigenvalue weighted by atomic mass is 32.1. The molecule has 1 aliphatic rings. The highest BCUT2D eigenvalue weighted by Crippen LogP contribution is 2.06. The minimum absolute atomic E-state index is 0.324. The first-order chi connectivity index (χ1) is 7.61. The molecule has 0 aromatic heterocycles. The summed E-state index contributed by atoms with van der Waals surface area (Å²) in [6.45, 7) is 8.12. The first-order valence-electron chi connectivity index (χ1n) is 5.92. The molecule has 0 spiro atoms. The third-order valence-corrected chi connectivity index (χ3v) is 3.13. The number of hydrogen-bond donors (Lipinski definition) is 1. The summed E-state index contributed by atoms with van der Waals surface area (Å²) < 4.78 is 5.74. The second-order valence-electron chi connectivity index (χ2n) is 4.36. The highest BCUT2D eigenvalue weighted by Gasteiger charge is 2.20. The summed E-state index contributed by atoms with van der Waals surface area (Å²) >= 11 is 4.87. The topological polar surface area (TPSA) is 41.7 Å². The molecular formula is C11H23N3OS. The van der Waals surface area contributed by atoms with Crippen LogP contribution in [0, 0.1) is 0 Å². The van der Waals surface area contributed by atoms with Gasteiger partial charge in [-0.05, 0) is 13.6 Å². The fourth-order valence-corrected chi connectivity index (χ4v) is 2.01. The summed E-state index contributed by atoms with van der Waals surface area (Å²) in [6.07, 6.45) is 1.11. The Bertz CT molecular complexity index is 225. The average molecular weight is 245 g/mol. The number of thiocarbonyl (C=S) groups is 1. The van der Waals surface area contributed by atoms with E-state index in [1.165, 1.54) is 0 Å². The molecule has 0 amide bonds. The number of ether oxygens (including phenoxy) is 1. The van der Waals surface area contributed by atoms with E-state index in [4.69, 9.17) is 22.7 Å². The molecule has 0 saturated carbocycles. The van der Waals surface area contributed by atoms with Gasteiger partial charge in [0.05, 0.1) is 17.7 Å². The second kappa shape index (κ2) is 7.17. The van der Waals surface area contributed by atoms with Gasteiger partial charge in [-0.3, -0.25) is 4.90 Å². The van der Waals surface area contributed by atoms with E-state index in [1.54, 1.807) is 0 Å². The van der Waals surface area contributed by atoms with E-state index in [2.05, 4.69) is 23.8 Å². The van der Waals surface area contributed by atoms with E-state index in [1.807, 2.05) is 0 Å². The van der Waals surface area contributed by atoms with Gasteiger partial charge in [0.2, 0.25) is 0 Å². The Labute approximate surface area is 104 Å². The van der Waals surface area contributed by atoms with Crippen molar-refractivity contribution in [1.29, 1.82) is 0 Å². The van der Waals surface area contributed by atoms with Crippen LogP contribution in [0.1, 0.15) is 13.3 Å². The van der Waals surface area contributed by atoms with Crippen LogP contribution >= 0.6 is 12.2 Å². The highest BCUT2D eigenvalue weighted by molar-refractivity contribution is 7.80. The molecule has 1 unspecified atom stereocenters. The van der Waals surface area contributed by atoms with Gasteiger partial charge in [-0.25, -0.2) is 0 Å². The van der Waals surface area contributed by atoms with Gasteiger partial charge in [-0.2, -0.15) is 0 Å². The van der Waals surface area contributed by atoms with E-state index in [0.29, 0.717) is 11.1 Å². The molecule has 0 aliphatic carbocycles. The zero-order chi connectivity index (χ0) is 12.0. The number of nitrogens with two attached hydrogens (primary N) is 1. The second-order valence-corrected chi connectivity index (χ2v) is 4.89. The molecule has 0 aromatic rings. The Kier molecular flexibility index (Phi) is 6.20. The van der Waals surface area contributed by atoms with Gasteiger partial charge < -0.3 is 15.4 Å². The van der Waals surface area contributed by atoms with Gasteiger partial charge in [0.25, 0.3) is 0 Å². The Morgan fingerprint density at radius 1 is 1.62 bits per heavy atom. The minimum Gasteiger partial charge on any atom is -0.393 e. The lowest BCUT2D eigenvalue weighted by Gasteiger charge is -2.34. The summed E-state index contributed by atoms with van der Waals surface area (Å²) in [5.41, 5.74) is 5.48. The number of rotatable bonds is 6. The lowest BCUT2D eigenvalue weighted by Crippen LogP contribution is -2.47. The standard InChI is InChI=1S/C11H23N3OS/c1-3-14-6-7-15-10(9-14)8-13(2)5-4-11(12)16/h10H,3-9H2,1-2H3,(H2,12,16). The summed E-state index contributed by atoms with van der Waals surface area (Å²) in [6, 6.07) is 0. The average Bonchev–Trinajstić information content (AvgIpc) is 2.26. The van der Waals surface area contributed by atoms with Crippen molar-refractivity contribution in [3.63, 3.8) is 0 Å². The predicted molar refractivity (Wildman–Crippen MR) is 70.8 cm³/mol. The zero-order valence-corrected chi connectivity index (χ0v) is 11.1. The van der Waals surface area contributed by atoms with Crippen LogP contribution < -0.4 is 5.73 Å². The number of hydrogen-bond acceptors (Lipinski definition) is 4. The van der Waals surface area contributed by atoms with Crippen LogP contribution in [-0.2, 0) is 4.74 Å². The molecule has 1 heterocycles. The predicted octanol–water partition coefficient (Wildman–Crippen LogP) is 0.315. The summed E-state index contributed by atoms with van der Waals surface area (Å²) in [5.74, 6) is 0. The molecule has 1 saturated heterocycles. The van der Waals surface area contributed by atoms with Gasteiger partial charge in [0.15, 0.2) is 0 Å². The smallest absolute Gasteiger partial charge is 0.0829 e. The van der Waals surface area contributed by atoms with Gasteiger partial charge in [-0.1, -0.05) is 19.1 Å². The van der Waals surface area contributed by atoms with Crippen molar-refractivity contribution >= 4 is 17.2 Å². The molecule has 94 valence electrons. The molecule has 16 heavy (non-hydrogen) atoms. The van der Waals surface area contributed by atoms with Crippen molar-refractivity contribution in [2.24, 2.45) is 5.73 Å². The summed E-state index contributed by atoms with van der Waals surface area (Å²) in [7, 11) is 2.09. The zero-order valence-electron chi connectivity index (χ0n) is 10.3. The van der Waals surface area contributed by atoms with E-state index in [0.717, 1.165) is 45.8 Å². The lowest BCUT2D eigenvalue weighted by molar-refractivity contribution is -0.0386. The van der Waals surface area contributed by atoms with Crippen molar-refractivity contribution in [2.75, 3.05) is 46.4 Å². The van der Waals surface area contributed by atoms with E-state index >= 15 is 0 Å². The Hall–Kier alpha value is -0.230. The maximum atomic E-state index is 5.74. The van der Waals surface area contributed by atoms with Crippen LogP contribution in [0.5, 0.6) is 0 Å². The van der Waals surface area contributed by atoms with E-state index in [9.17, 15) is 0 Å². The number of likely N-dealkylation sites (N-methyl/N-ethyl adjacent to an activating group) is 2. The van der Waals surface area contributed by atoms with Crippen molar-refractivity contribution in [3.8, 4) is 0 Å². The molecule has 5 heteroatoms. The Morgan fingerprint density at radius 3 is 3.00 bits per heavy atom. The van der Waals surface area contributed by atoms with Crippen molar-refractivity contribution in [2.45, 2.75) is 19.4 Å². The molecule has 1 aliphatic heterocycles. The van der Waals surface area contributed by atoms with Gasteiger partial charge in [0, 0.05) is 32.6 Å². The van der Waals surface area contributed by atoms with Crippen LogP contribution in [0.3, 0.4) is 0 Å². The normalized spacial score (nSPS) is 22.6. The van der Waals surface area contributed by atoms with Crippen LogP contribution in [-0.4, -0.2) is 67.3 Å². The molecule has 1 fully saturated rings. The van der Waals surface area contributed by atoms with E-state index in [-0.39, 0.29) is 0 Å². The fourth-order valence-electron chi connectivity index (χ4n) is 1.92. The van der Waals surface area contributed by atoms with Crippen molar-refractivity contribution in [3.05, 3.63) is 0 Å². The summed E-state index contributed by atoms with van der Waals surface area (Å²) in [5, 5.41) is 0. The lowest BCUT2D eigenvalue weighted by atomic mass is 10.2. The quantitative estimate of drug-likeness (QED) is 0.682. The molecular weight excluding hydrogens is 222 g/mol. The van der Waals surface area contributed by atoms with Crippen LogP contribution in [0.15, 0.2) is 0 Å². The summed E-state index contributed by atoms with van der Waals surface area (Å²) in [4.78, 5) is 5.25. The first-order valence-corrected chi connectivity index (χ1v) is 6.33. The molecule has 1 atom stereocenters. The third-order valence-electron chi connectivity index (χ3n) is 2.93. The third kappa shape index (κ3) is 5.21. The van der Waals surface area contributed by atoms with Crippen molar-refractivity contribution < 1.29 is 4.74 Å². The van der Waals surface area contributed by atoms with Crippen LogP contribution in [0.2, 0.25) is 0 Å². The minimum atomic E-state index is 0.324. The molecule has 1 rings (SSSR count). The molecule has 0 aromatic carbocycles. The van der Waals surface area contributed by atoms with Crippen LogP contribution in [0.4, 0.5) is 0 Å². The van der Waals surface area contributed by atoms with Gasteiger partial charge in [0.1, 0.15) is 0 Å². The maximum absolute atomic E-state index is 5.74. The van der Waals surface area contributed by atoms with Crippen LogP contribution in [0.25, 0.3) is 0 Å². The van der Waals surface area contributed by atoms with Gasteiger partial charge in [-0.15, -0.1) is 0 Å². The molecule has 4 nitrogen and oxygen atoms in total. The molecule has 0 bridgehead atoms. The molecule has 2 N–H and O–H groups in total. The van der Waals surface area contributed by atoms with Gasteiger partial charge >= 0.3 is 0 Å². The first kappa shape index (κ1) is 13.8. The maximum Gasteiger partial charge on any atom is 0.0829 e. The SMILES string of the molecule is CCN1CCOC(CN(C)CCC(N)=S)C1. The fraction of sp³-hybridized carbons (Fsp3) is 0.909. The number of nitrogens with zero attached hydrogens (tertiary/aromatic N) is 2. The Morgan fingerprint density at radius 2 is 2.38 bits per heavy atom. The monoisotopic (exact) mass is 245 g/mol. The Balaban J connectivity index is 2.22. The van der Waals surface area contributed by atoms with E-state index < -0.39 is 0 Å². The van der Waals surface area contributed by atoms with Crippen molar-refractivity contribution in [1.82, 2.24) is 9.80 Å².